The number of aromatic amines is 1. The largest absolute Gasteiger partial charge is 0.368 e. The number of anilines is 2. The fraction of sp³-hybridized carbons (Fsp3) is 0.500. The van der Waals surface area contributed by atoms with Gasteiger partial charge in [-0.05, 0) is 62.8 Å². The second-order valence-electron chi connectivity index (χ2n) is 8.32. The van der Waals surface area contributed by atoms with E-state index in [0.717, 1.165) is 87.3 Å². The van der Waals surface area contributed by atoms with Crippen LogP contribution < -0.4 is 10.2 Å². The molecule has 2 fully saturated rings. The van der Waals surface area contributed by atoms with E-state index >= 15 is 0 Å². The van der Waals surface area contributed by atoms with Crippen LogP contribution in [0.2, 0.25) is 0 Å². The number of aryl methyl sites for hydroxylation is 1. The zero-order chi connectivity index (χ0) is 19.8. The third-order valence-electron chi connectivity index (χ3n) is 6.28. The molecule has 2 N–H and O–H groups in total. The number of nitrogens with one attached hydrogen (secondary N) is 2. The van der Waals surface area contributed by atoms with Crippen molar-refractivity contribution < 1.29 is 9.59 Å². The minimum atomic E-state index is -0.149. The number of piperazine rings is 1. The van der Waals surface area contributed by atoms with Gasteiger partial charge in [0, 0.05) is 54.7 Å². The minimum Gasteiger partial charge on any atom is -0.368 e. The molecule has 5 rings (SSSR count). The quantitative estimate of drug-likeness (QED) is 0.837. The molecular weight excluding hydrogens is 366 g/mol. The smallest absolute Gasteiger partial charge is 0.276 e. The number of amides is 2. The average molecular weight is 393 g/mol. The van der Waals surface area contributed by atoms with Crippen LogP contribution in [0.15, 0.2) is 24.3 Å². The van der Waals surface area contributed by atoms with Gasteiger partial charge in [0.05, 0.1) is 0 Å². The molecule has 1 saturated carbocycles. The summed E-state index contributed by atoms with van der Waals surface area (Å²) in [5.41, 5.74) is 4.60. The van der Waals surface area contributed by atoms with E-state index in [2.05, 4.69) is 20.4 Å². The van der Waals surface area contributed by atoms with Crippen LogP contribution in [-0.4, -0.2) is 53.1 Å². The number of carbonyl (C=O) groups excluding carboxylic acids is 2. The lowest BCUT2D eigenvalue weighted by Crippen LogP contribution is -2.49. The van der Waals surface area contributed by atoms with Gasteiger partial charge in [0.25, 0.3) is 5.91 Å². The van der Waals surface area contributed by atoms with Crippen molar-refractivity contribution in [3.05, 3.63) is 41.2 Å². The van der Waals surface area contributed by atoms with E-state index in [1.165, 1.54) is 0 Å². The third kappa shape index (κ3) is 3.73. The average Bonchev–Trinajstić information content (AvgIpc) is 3.52. The molecule has 7 heteroatoms. The number of hydrogen-bond acceptors (Lipinski definition) is 4. The monoisotopic (exact) mass is 393 g/mol. The first-order valence-corrected chi connectivity index (χ1v) is 10.7. The van der Waals surface area contributed by atoms with Gasteiger partial charge in [-0.2, -0.15) is 5.10 Å². The van der Waals surface area contributed by atoms with Crippen LogP contribution in [0.5, 0.6) is 0 Å². The second kappa shape index (κ2) is 7.54. The molecule has 2 heterocycles. The van der Waals surface area contributed by atoms with Gasteiger partial charge in [0.2, 0.25) is 5.91 Å². The Labute approximate surface area is 170 Å². The molecule has 1 saturated heterocycles. The Bertz CT molecular complexity index is 908. The first kappa shape index (κ1) is 18.2. The molecule has 1 aromatic heterocycles. The number of rotatable bonds is 4. The summed E-state index contributed by atoms with van der Waals surface area (Å²) in [5.74, 6) is 0.484. The van der Waals surface area contributed by atoms with Crippen molar-refractivity contribution in [2.75, 3.05) is 36.4 Å². The van der Waals surface area contributed by atoms with Gasteiger partial charge in [0.1, 0.15) is 0 Å². The Kier molecular flexibility index (Phi) is 4.73. The fourth-order valence-corrected chi connectivity index (χ4v) is 4.39. The van der Waals surface area contributed by atoms with Crippen molar-refractivity contribution in [1.82, 2.24) is 15.1 Å². The van der Waals surface area contributed by atoms with Crippen molar-refractivity contribution in [3.63, 3.8) is 0 Å². The second-order valence-corrected chi connectivity index (χ2v) is 8.32. The van der Waals surface area contributed by atoms with Crippen LogP contribution >= 0.6 is 0 Å². The molecule has 0 bridgehead atoms. The van der Waals surface area contributed by atoms with Crippen LogP contribution in [0.4, 0.5) is 11.4 Å². The summed E-state index contributed by atoms with van der Waals surface area (Å²) in [6.07, 6.45) is 6.29. The highest BCUT2D eigenvalue weighted by Gasteiger charge is 2.34. The Morgan fingerprint density at radius 2 is 1.72 bits per heavy atom. The van der Waals surface area contributed by atoms with E-state index in [-0.39, 0.29) is 5.91 Å². The van der Waals surface area contributed by atoms with Gasteiger partial charge in [-0.15, -0.1) is 0 Å². The molecule has 2 aromatic rings. The molecule has 0 radical (unpaired) electrons. The summed E-state index contributed by atoms with van der Waals surface area (Å²) in [6, 6.07) is 7.95. The molecule has 1 aromatic carbocycles. The van der Waals surface area contributed by atoms with Crippen LogP contribution in [0.1, 0.15) is 47.4 Å². The zero-order valence-corrected chi connectivity index (χ0v) is 16.6. The first-order valence-electron chi connectivity index (χ1n) is 10.7. The van der Waals surface area contributed by atoms with E-state index in [4.69, 9.17) is 0 Å². The number of fused-ring (bicyclic) bond motifs is 1. The Hall–Kier alpha value is -2.83. The molecule has 2 aliphatic carbocycles. The molecule has 1 aliphatic heterocycles. The predicted molar refractivity (Wildman–Crippen MR) is 111 cm³/mol. The summed E-state index contributed by atoms with van der Waals surface area (Å²) >= 11 is 0. The van der Waals surface area contributed by atoms with Crippen molar-refractivity contribution in [3.8, 4) is 0 Å². The molecule has 29 heavy (non-hydrogen) atoms. The standard InChI is InChI=1S/C22H27N5O2/c28-21(20-18-3-1-2-4-19(18)24-25-20)23-16-7-9-17(10-8-16)26-11-13-27(14-12-26)22(29)15-5-6-15/h7-10,15H,1-6,11-14H2,(H,23,28)(H,24,25). The molecular formula is C22H27N5O2. The number of H-pyrrole nitrogens is 1. The van der Waals surface area contributed by atoms with Crippen LogP contribution in [0.3, 0.4) is 0 Å². The summed E-state index contributed by atoms with van der Waals surface area (Å²) in [7, 11) is 0. The van der Waals surface area contributed by atoms with Gasteiger partial charge in [-0.25, -0.2) is 0 Å². The van der Waals surface area contributed by atoms with E-state index in [1.807, 2.05) is 29.2 Å². The van der Waals surface area contributed by atoms with Crippen LogP contribution in [0, 0.1) is 5.92 Å². The molecule has 3 aliphatic rings. The predicted octanol–water partition coefficient (Wildman–Crippen LogP) is 2.60. The number of aromatic nitrogens is 2. The summed E-state index contributed by atoms with van der Waals surface area (Å²) < 4.78 is 0. The van der Waals surface area contributed by atoms with Gasteiger partial charge in [0.15, 0.2) is 5.69 Å². The van der Waals surface area contributed by atoms with Crippen LogP contribution in [-0.2, 0) is 17.6 Å². The lowest BCUT2D eigenvalue weighted by atomic mass is 9.96. The van der Waals surface area contributed by atoms with E-state index in [9.17, 15) is 9.59 Å². The molecule has 7 nitrogen and oxygen atoms in total. The summed E-state index contributed by atoms with van der Waals surface area (Å²) in [4.78, 5) is 29.2. The van der Waals surface area contributed by atoms with Crippen molar-refractivity contribution in [2.24, 2.45) is 5.92 Å². The van der Waals surface area contributed by atoms with Gasteiger partial charge >= 0.3 is 0 Å². The molecule has 0 spiro atoms. The fourth-order valence-electron chi connectivity index (χ4n) is 4.39. The number of nitrogens with zero attached hydrogens (tertiary/aromatic N) is 3. The van der Waals surface area contributed by atoms with Crippen LogP contribution in [0.25, 0.3) is 0 Å². The highest BCUT2D eigenvalue weighted by atomic mass is 16.2. The lowest BCUT2D eigenvalue weighted by Gasteiger charge is -2.36. The number of benzene rings is 1. The summed E-state index contributed by atoms with van der Waals surface area (Å²) in [6.45, 7) is 3.28. The van der Waals surface area contributed by atoms with Crippen molar-refractivity contribution >= 4 is 23.2 Å². The molecule has 152 valence electrons. The number of hydrogen-bond donors (Lipinski definition) is 2. The molecule has 0 atom stereocenters. The normalized spacial score (nSPS) is 19.0. The Morgan fingerprint density at radius 1 is 1.00 bits per heavy atom. The lowest BCUT2D eigenvalue weighted by molar-refractivity contribution is -0.132. The highest BCUT2D eigenvalue weighted by Crippen LogP contribution is 2.31. The molecule has 0 unspecified atom stereocenters. The Balaban J connectivity index is 1.19. The zero-order valence-electron chi connectivity index (χ0n) is 16.6. The highest BCUT2D eigenvalue weighted by molar-refractivity contribution is 6.04. The van der Waals surface area contributed by atoms with Crippen molar-refractivity contribution in [2.45, 2.75) is 38.5 Å². The summed E-state index contributed by atoms with van der Waals surface area (Å²) in [5, 5.41) is 10.2. The maximum absolute atomic E-state index is 12.7. The minimum absolute atomic E-state index is 0.149. The van der Waals surface area contributed by atoms with E-state index in [0.29, 0.717) is 17.5 Å². The Morgan fingerprint density at radius 3 is 2.45 bits per heavy atom. The van der Waals surface area contributed by atoms with E-state index in [1.54, 1.807) is 0 Å². The topological polar surface area (TPSA) is 81.3 Å². The van der Waals surface area contributed by atoms with Gasteiger partial charge in [-0.1, -0.05) is 0 Å². The van der Waals surface area contributed by atoms with Gasteiger partial charge in [-0.3, -0.25) is 14.7 Å². The van der Waals surface area contributed by atoms with Crippen molar-refractivity contribution in [1.29, 1.82) is 0 Å². The first-order chi connectivity index (χ1) is 14.2. The SMILES string of the molecule is O=C(Nc1ccc(N2CCN(C(=O)C3CC3)CC2)cc1)c1n[nH]c2c1CCCC2. The number of carbonyl (C=O) groups is 2. The third-order valence-corrected chi connectivity index (χ3v) is 6.28. The van der Waals surface area contributed by atoms with E-state index < -0.39 is 0 Å². The molecule has 2 amide bonds. The maximum atomic E-state index is 12.7. The maximum Gasteiger partial charge on any atom is 0.276 e. The van der Waals surface area contributed by atoms with Gasteiger partial charge < -0.3 is 15.1 Å².